The molecule has 0 spiro atoms. The third-order valence-electron chi connectivity index (χ3n) is 5.49. The average molecular weight is 410 g/mol. The van der Waals surface area contributed by atoms with Gasteiger partial charge in [-0.05, 0) is 31.0 Å². The molecule has 0 aliphatic heterocycles. The van der Waals surface area contributed by atoms with E-state index < -0.39 is 0 Å². The van der Waals surface area contributed by atoms with Crippen molar-refractivity contribution in [2.24, 2.45) is 0 Å². The maximum absolute atomic E-state index is 13.7. The van der Waals surface area contributed by atoms with E-state index in [4.69, 9.17) is 9.72 Å². The fourth-order valence-corrected chi connectivity index (χ4v) is 3.91. The van der Waals surface area contributed by atoms with E-state index in [-0.39, 0.29) is 11.9 Å². The second kappa shape index (κ2) is 9.00. The molecule has 1 N–H and O–H groups in total. The van der Waals surface area contributed by atoms with Crippen LogP contribution in [0.15, 0.2) is 78.9 Å². The third-order valence-corrected chi connectivity index (χ3v) is 5.49. The topological polar surface area (TPSA) is 51.2 Å². The number of rotatable bonds is 6. The van der Waals surface area contributed by atoms with Crippen LogP contribution in [0.25, 0.3) is 22.2 Å². The van der Waals surface area contributed by atoms with E-state index in [0.29, 0.717) is 17.0 Å². The van der Waals surface area contributed by atoms with Crippen LogP contribution in [0.3, 0.4) is 0 Å². The first-order chi connectivity index (χ1) is 15.1. The van der Waals surface area contributed by atoms with Gasteiger partial charge in [-0.1, -0.05) is 79.2 Å². The number of ether oxygens (including phenoxy) is 1. The number of carbonyl (C=O) groups is 1. The third kappa shape index (κ3) is 4.15. The van der Waals surface area contributed by atoms with Crippen molar-refractivity contribution in [1.29, 1.82) is 0 Å². The molecule has 4 rings (SSSR count). The van der Waals surface area contributed by atoms with Gasteiger partial charge in [-0.25, -0.2) is 4.98 Å². The fraction of sp³-hybridized carbons (Fsp3) is 0.185. The molecule has 1 atom stereocenters. The van der Waals surface area contributed by atoms with E-state index in [0.717, 1.165) is 34.0 Å². The Bertz CT molecular complexity index is 1200. The van der Waals surface area contributed by atoms with E-state index >= 15 is 0 Å². The zero-order valence-electron chi connectivity index (χ0n) is 18.1. The van der Waals surface area contributed by atoms with E-state index in [1.807, 2.05) is 85.8 Å². The summed E-state index contributed by atoms with van der Waals surface area (Å²) in [7, 11) is 1.59. The number of benzene rings is 3. The summed E-state index contributed by atoms with van der Waals surface area (Å²) in [5, 5.41) is 4.01. The van der Waals surface area contributed by atoms with Gasteiger partial charge >= 0.3 is 0 Å². The number of carbonyl (C=O) groups excluding carboxylic acids is 1. The second-order valence-corrected chi connectivity index (χ2v) is 7.60. The highest BCUT2D eigenvalue weighted by Crippen LogP contribution is 2.37. The van der Waals surface area contributed by atoms with Crippen LogP contribution < -0.4 is 10.1 Å². The minimum absolute atomic E-state index is 0.0911. The van der Waals surface area contributed by atoms with E-state index in [2.05, 4.69) is 12.2 Å². The minimum atomic E-state index is -0.164. The van der Waals surface area contributed by atoms with Crippen molar-refractivity contribution in [1.82, 2.24) is 10.3 Å². The Balaban J connectivity index is 1.88. The van der Waals surface area contributed by atoms with Crippen molar-refractivity contribution >= 4 is 16.8 Å². The van der Waals surface area contributed by atoms with Crippen LogP contribution in [0, 0.1) is 6.92 Å². The molecule has 31 heavy (non-hydrogen) atoms. The maximum Gasteiger partial charge on any atom is 0.256 e. The normalized spacial score (nSPS) is 11.8. The molecule has 0 aliphatic rings. The smallest absolute Gasteiger partial charge is 0.256 e. The molecule has 0 bridgehead atoms. The Morgan fingerprint density at radius 1 is 1.00 bits per heavy atom. The van der Waals surface area contributed by atoms with Gasteiger partial charge in [0.25, 0.3) is 5.91 Å². The number of methoxy groups -OCH3 is 1. The minimum Gasteiger partial charge on any atom is -0.494 e. The molecule has 1 heterocycles. The number of fused-ring (bicyclic) bond motifs is 1. The summed E-state index contributed by atoms with van der Waals surface area (Å²) in [6, 6.07) is 25.7. The van der Waals surface area contributed by atoms with Gasteiger partial charge in [0.2, 0.25) is 0 Å². The van der Waals surface area contributed by atoms with Crippen LogP contribution in [0.2, 0.25) is 0 Å². The molecule has 4 heteroatoms. The zero-order valence-corrected chi connectivity index (χ0v) is 18.1. The van der Waals surface area contributed by atoms with Crippen molar-refractivity contribution in [3.05, 3.63) is 95.6 Å². The molecule has 0 fully saturated rings. The molecular formula is C27H26N2O2. The number of nitrogens with one attached hydrogen (secondary N) is 1. The molecule has 1 amide bonds. The monoisotopic (exact) mass is 409 g/mol. The quantitative estimate of drug-likeness (QED) is 0.419. The average Bonchev–Trinajstić information content (AvgIpc) is 2.82. The molecule has 0 aliphatic carbocycles. The number of nitrogens with zero attached hydrogens (tertiary/aromatic N) is 1. The predicted octanol–water partition coefficient (Wildman–Crippen LogP) is 6.10. The molecule has 4 nitrogen and oxygen atoms in total. The lowest BCUT2D eigenvalue weighted by molar-refractivity contribution is 0.0934. The highest BCUT2D eigenvalue weighted by atomic mass is 16.5. The van der Waals surface area contributed by atoms with Gasteiger partial charge < -0.3 is 10.1 Å². The van der Waals surface area contributed by atoms with E-state index in [9.17, 15) is 4.79 Å². The Morgan fingerprint density at radius 3 is 2.32 bits per heavy atom. The number of hydrogen-bond donors (Lipinski definition) is 1. The summed E-state index contributed by atoms with van der Waals surface area (Å²) in [5.41, 5.74) is 5.00. The largest absolute Gasteiger partial charge is 0.494 e. The first-order valence-corrected chi connectivity index (χ1v) is 10.5. The number of hydrogen-bond acceptors (Lipinski definition) is 3. The van der Waals surface area contributed by atoms with Gasteiger partial charge in [-0.3, -0.25) is 4.79 Å². The molecule has 156 valence electrons. The molecule has 1 aromatic heterocycles. The summed E-state index contributed by atoms with van der Waals surface area (Å²) in [6.45, 7) is 4.08. The van der Waals surface area contributed by atoms with Crippen LogP contribution >= 0.6 is 0 Å². The van der Waals surface area contributed by atoms with Gasteiger partial charge in [0.1, 0.15) is 5.69 Å². The Morgan fingerprint density at radius 2 is 1.68 bits per heavy atom. The molecular weight excluding hydrogens is 383 g/mol. The highest BCUT2D eigenvalue weighted by Gasteiger charge is 2.24. The van der Waals surface area contributed by atoms with Crippen molar-refractivity contribution in [3.63, 3.8) is 0 Å². The number of amides is 1. The summed E-state index contributed by atoms with van der Waals surface area (Å²) in [5.74, 6) is 0.326. The van der Waals surface area contributed by atoms with Crippen molar-refractivity contribution in [3.8, 4) is 17.0 Å². The van der Waals surface area contributed by atoms with E-state index in [1.165, 1.54) is 0 Å². The second-order valence-electron chi connectivity index (χ2n) is 7.60. The molecule has 0 saturated heterocycles. The molecule has 0 radical (unpaired) electrons. The summed E-state index contributed by atoms with van der Waals surface area (Å²) in [6.07, 6.45) is 0.783. The zero-order chi connectivity index (χ0) is 21.8. The predicted molar refractivity (Wildman–Crippen MR) is 125 cm³/mol. The van der Waals surface area contributed by atoms with Crippen molar-refractivity contribution in [2.45, 2.75) is 26.3 Å². The summed E-state index contributed by atoms with van der Waals surface area (Å²) in [4.78, 5) is 18.5. The van der Waals surface area contributed by atoms with E-state index in [1.54, 1.807) is 7.11 Å². The van der Waals surface area contributed by atoms with Crippen molar-refractivity contribution in [2.75, 3.05) is 7.11 Å². The van der Waals surface area contributed by atoms with Crippen LogP contribution in [-0.2, 0) is 0 Å². The lowest BCUT2D eigenvalue weighted by Gasteiger charge is -2.21. The number of aryl methyl sites for hydroxylation is 1. The Hall–Kier alpha value is -3.66. The van der Waals surface area contributed by atoms with Gasteiger partial charge in [0, 0.05) is 10.9 Å². The molecule has 0 unspecified atom stereocenters. The Labute approximate surface area is 182 Å². The van der Waals surface area contributed by atoms with Crippen LogP contribution in [-0.4, -0.2) is 18.0 Å². The number of aromatic nitrogens is 1. The van der Waals surface area contributed by atoms with Crippen LogP contribution in [0.1, 0.15) is 40.9 Å². The van der Waals surface area contributed by atoms with Crippen molar-refractivity contribution < 1.29 is 9.53 Å². The van der Waals surface area contributed by atoms with Gasteiger partial charge in [-0.2, -0.15) is 0 Å². The molecule has 4 aromatic rings. The standard InChI is InChI=1S/C27H26N2O2/c1-4-22(19-11-7-5-8-12-19)29-27(30)24-21-17-18(2)15-16-23(21)28-25(26(24)31-3)20-13-9-6-10-14-20/h5-17,22H,4H2,1-3H3,(H,29,30)/t22-/m0/s1/i2-1. The maximum atomic E-state index is 13.7. The Kier molecular flexibility index (Phi) is 5.99. The highest BCUT2D eigenvalue weighted by molar-refractivity contribution is 6.10. The van der Waals surface area contributed by atoms with Gasteiger partial charge in [0.15, 0.2) is 5.75 Å². The van der Waals surface area contributed by atoms with Crippen LogP contribution in [0.4, 0.5) is 0 Å². The first-order valence-electron chi connectivity index (χ1n) is 10.5. The van der Waals surface area contributed by atoms with Gasteiger partial charge in [0.05, 0.1) is 24.2 Å². The van der Waals surface area contributed by atoms with Crippen LogP contribution in [0.5, 0.6) is 5.75 Å². The SMILES string of the molecule is CC[C@H](NC(=O)c1c(OC)c(-c2ccccc2)nc2ccc([11CH3])cc12)c1ccccc1. The summed E-state index contributed by atoms with van der Waals surface area (Å²) < 4.78 is 5.80. The number of pyridine rings is 1. The first kappa shape index (κ1) is 20.6. The molecule has 0 saturated carbocycles. The fourth-order valence-electron chi connectivity index (χ4n) is 3.91. The lowest BCUT2D eigenvalue weighted by Crippen LogP contribution is -2.29. The van der Waals surface area contributed by atoms with Gasteiger partial charge in [-0.15, -0.1) is 0 Å². The lowest BCUT2D eigenvalue weighted by atomic mass is 9.95. The summed E-state index contributed by atoms with van der Waals surface area (Å²) >= 11 is 0. The molecule has 3 aromatic carbocycles.